The van der Waals surface area contributed by atoms with Crippen LogP contribution in [0, 0.1) is 16.7 Å². The zero-order chi connectivity index (χ0) is 23.1. The van der Waals surface area contributed by atoms with Gasteiger partial charge in [-0.25, -0.2) is 18.2 Å². The number of carbonyl (C=O) groups is 2. The molecule has 32 heavy (non-hydrogen) atoms. The van der Waals surface area contributed by atoms with Gasteiger partial charge in [-0.1, -0.05) is 0 Å². The van der Waals surface area contributed by atoms with Gasteiger partial charge in [0.2, 0.25) is 18.0 Å². The van der Waals surface area contributed by atoms with Gasteiger partial charge in [0.15, 0.2) is 0 Å². The Balaban J connectivity index is 1.55. The fraction of sp³-hybridized carbons (Fsp3) is 0.500. The van der Waals surface area contributed by atoms with Gasteiger partial charge in [-0.15, -0.1) is 0 Å². The molecule has 0 N–H and O–H groups in total. The molecule has 1 aromatic heterocycles. The van der Waals surface area contributed by atoms with Gasteiger partial charge in [0, 0.05) is 24.5 Å². The molecule has 0 aliphatic carbocycles. The SMILES string of the molecule is CC1(C(=O)N2CCOc3c(C#N)cncc3C2)CCN(C2=NC(=O)C(F)C=N2)CC1(F)F. The predicted molar refractivity (Wildman–Crippen MR) is 105 cm³/mol. The molecule has 3 aliphatic heterocycles. The summed E-state index contributed by atoms with van der Waals surface area (Å²) in [6.07, 6.45) is 1.29. The molecule has 0 radical (unpaired) electrons. The average Bonchev–Trinajstić information content (AvgIpc) is 2.99. The number of pyridine rings is 1. The number of piperidine rings is 1. The number of hydrogen-bond acceptors (Lipinski definition) is 7. The first-order valence-electron chi connectivity index (χ1n) is 9.89. The summed E-state index contributed by atoms with van der Waals surface area (Å²) >= 11 is 0. The van der Waals surface area contributed by atoms with Gasteiger partial charge in [0.05, 0.1) is 25.8 Å². The second-order valence-corrected chi connectivity index (χ2v) is 8.00. The number of aromatic nitrogens is 1. The molecule has 9 nitrogen and oxygen atoms in total. The number of aliphatic imine (C=N–C) groups is 2. The molecule has 1 aromatic rings. The number of guanidine groups is 1. The van der Waals surface area contributed by atoms with Gasteiger partial charge in [-0.2, -0.15) is 10.3 Å². The Morgan fingerprint density at radius 3 is 2.81 bits per heavy atom. The highest BCUT2D eigenvalue weighted by Crippen LogP contribution is 2.45. The van der Waals surface area contributed by atoms with Crippen LogP contribution in [0.3, 0.4) is 0 Å². The maximum Gasteiger partial charge on any atom is 0.289 e. The zero-order valence-corrected chi connectivity index (χ0v) is 17.1. The van der Waals surface area contributed by atoms with Crippen LogP contribution < -0.4 is 4.74 Å². The van der Waals surface area contributed by atoms with Crippen LogP contribution in [-0.4, -0.2) is 77.1 Å². The zero-order valence-electron chi connectivity index (χ0n) is 17.1. The molecule has 0 bridgehead atoms. The quantitative estimate of drug-likeness (QED) is 0.641. The van der Waals surface area contributed by atoms with Crippen molar-refractivity contribution in [3.8, 4) is 11.8 Å². The summed E-state index contributed by atoms with van der Waals surface area (Å²) in [6.45, 7) is 0.393. The fourth-order valence-electron chi connectivity index (χ4n) is 3.93. The number of carbonyl (C=O) groups excluding carboxylic acids is 2. The van der Waals surface area contributed by atoms with Crippen molar-refractivity contribution in [2.75, 3.05) is 26.2 Å². The molecular weight excluding hydrogens is 429 g/mol. The van der Waals surface area contributed by atoms with Gasteiger partial charge in [0.1, 0.15) is 29.4 Å². The van der Waals surface area contributed by atoms with E-state index in [9.17, 15) is 19.2 Å². The fourth-order valence-corrected chi connectivity index (χ4v) is 3.93. The summed E-state index contributed by atoms with van der Waals surface area (Å²) < 4.78 is 49.5. The summed E-state index contributed by atoms with van der Waals surface area (Å²) in [5.74, 6) is -5.33. The molecule has 1 fully saturated rings. The second-order valence-electron chi connectivity index (χ2n) is 8.00. The van der Waals surface area contributed by atoms with Crippen molar-refractivity contribution >= 4 is 24.0 Å². The minimum absolute atomic E-state index is 0.0146. The number of fused-ring (bicyclic) bond motifs is 1. The van der Waals surface area contributed by atoms with Crippen molar-refractivity contribution < 1.29 is 27.5 Å². The van der Waals surface area contributed by atoms with Crippen LogP contribution >= 0.6 is 0 Å². The van der Waals surface area contributed by atoms with E-state index < -0.39 is 35.9 Å². The number of rotatable bonds is 1. The van der Waals surface area contributed by atoms with E-state index in [0.717, 1.165) is 11.1 Å². The lowest BCUT2D eigenvalue weighted by Crippen LogP contribution is -2.62. The van der Waals surface area contributed by atoms with E-state index in [1.807, 2.05) is 6.07 Å². The molecule has 4 rings (SSSR count). The van der Waals surface area contributed by atoms with E-state index in [2.05, 4.69) is 15.0 Å². The highest BCUT2D eigenvalue weighted by Gasteiger charge is 2.60. The molecule has 0 aromatic carbocycles. The van der Waals surface area contributed by atoms with Gasteiger partial charge in [-0.05, 0) is 13.3 Å². The van der Waals surface area contributed by atoms with Crippen molar-refractivity contribution in [1.82, 2.24) is 14.8 Å². The number of likely N-dealkylation sites (tertiary alicyclic amines) is 1. The first-order chi connectivity index (χ1) is 15.2. The van der Waals surface area contributed by atoms with Crippen molar-refractivity contribution in [1.29, 1.82) is 5.26 Å². The maximum absolute atomic E-state index is 15.3. The van der Waals surface area contributed by atoms with E-state index in [1.165, 1.54) is 24.2 Å². The van der Waals surface area contributed by atoms with E-state index in [1.54, 1.807) is 0 Å². The number of alkyl halides is 3. The van der Waals surface area contributed by atoms with Crippen LogP contribution in [-0.2, 0) is 16.1 Å². The minimum atomic E-state index is -3.49. The Hall–Kier alpha value is -3.49. The van der Waals surface area contributed by atoms with Crippen molar-refractivity contribution in [3.63, 3.8) is 0 Å². The Labute approximate surface area is 181 Å². The molecule has 3 aliphatic rings. The first-order valence-corrected chi connectivity index (χ1v) is 9.89. The largest absolute Gasteiger partial charge is 0.490 e. The minimum Gasteiger partial charge on any atom is -0.490 e. The third kappa shape index (κ3) is 3.57. The normalized spacial score (nSPS) is 27.0. The number of nitrogens with zero attached hydrogens (tertiary/aromatic N) is 6. The number of hydrogen-bond donors (Lipinski definition) is 0. The topological polar surface area (TPSA) is 111 Å². The van der Waals surface area contributed by atoms with Crippen LogP contribution in [0.2, 0.25) is 0 Å². The predicted octanol–water partition coefficient (Wildman–Crippen LogP) is 1.33. The summed E-state index contributed by atoms with van der Waals surface area (Å²) in [5.41, 5.74) is -1.36. The molecule has 2 unspecified atom stereocenters. The van der Waals surface area contributed by atoms with Crippen LogP contribution in [0.5, 0.6) is 5.75 Å². The molecular formula is C20H19F3N6O3. The molecule has 12 heteroatoms. The monoisotopic (exact) mass is 448 g/mol. The van der Waals surface area contributed by atoms with Crippen LogP contribution in [0.15, 0.2) is 22.4 Å². The second kappa shape index (κ2) is 7.89. The summed E-state index contributed by atoms with van der Waals surface area (Å²) in [6, 6.07) is 1.97. The Bertz CT molecular complexity index is 1070. The lowest BCUT2D eigenvalue weighted by Gasteiger charge is -2.46. The summed E-state index contributed by atoms with van der Waals surface area (Å²) in [4.78, 5) is 38.2. The smallest absolute Gasteiger partial charge is 0.289 e. The van der Waals surface area contributed by atoms with Crippen molar-refractivity contribution in [2.45, 2.75) is 32.0 Å². The van der Waals surface area contributed by atoms with Crippen molar-refractivity contribution in [3.05, 3.63) is 23.5 Å². The summed E-state index contributed by atoms with van der Waals surface area (Å²) in [5, 5.41) is 9.22. The standard InChI is InChI=1S/C20H19F3N6O3/c1-19(2-3-29(11-20(19,22)23)18-26-9-14(21)16(30)27-18)17(31)28-4-5-32-15-12(6-24)7-25-8-13(15)10-28/h7-9,14H,2-5,10-11H2,1H3. The first kappa shape index (κ1) is 21.7. The number of ether oxygens (including phenoxy) is 1. The van der Waals surface area contributed by atoms with Crippen molar-refractivity contribution in [2.24, 2.45) is 15.4 Å². The van der Waals surface area contributed by atoms with E-state index in [-0.39, 0.29) is 44.2 Å². The van der Waals surface area contributed by atoms with Crippen LogP contribution in [0.25, 0.3) is 0 Å². The Morgan fingerprint density at radius 2 is 2.12 bits per heavy atom. The highest BCUT2D eigenvalue weighted by molar-refractivity contribution is 6.10. The molecule has 2 amide bonds. The third-order valence-electron chi connectivity index (χ3n) is 5.95. The van der Waals surface area contributed by atoms with Gasteiger partial charge in [0.25, 0.3) is 11.8 Å². The number of halogens is 3. The molecule has 2 atom stereocenters. The Morgan fingerprint density at radius 1 is 1.34 bits per heavy atom. The van der Waals surface area contributed by atoms with Crippen LogP contribution in [0.4, 0.5) is 13.2 Å². The highest BCUT2D eigenvalue weighted by atomic mass is 19.3. The van der Waals surface area contributed by atoms with E-state index >= 15 is 8.78 Å². The summed E-state index contributed by atoms with van der Waals surface area (Å²) in [7, 11) is 0. The molecule has 4 heterocycles. The van der Waals surface area contributed by atoms with Gasteiger partial charge in [-0.3, -0.25) is 14.6 Å². The molecule has 0 spiro atoms. The maximum atomic E-state index is 15.3. The molecule has 168 valence electrons. The average molecular weight is 448 g/mol. The Kier molecular flexibility index (Phi) is 5.36. The lowest BCUT2D eigenvalue weighted by atomic mass is 9.75. The van der Waals surface area contributed by atoms with E-state index in [4.69, 9.17) is 4.74 Å². The third-order valence-corrected chi connectivity index (χ3v) is 5.95. The van der Waals surface area contributed by atoms with Crippen LogP contribution in [0.1, 0.15) is 24.5 Å². The lowest BCUT2D eigenvalue weighted by molar-refractivity contribution is -0.183. The van der Waals surface area contributed by atoms with Gasteiger partial charge < -0.3 is 14.5 Å². The number of amides is 2. The van der Waals surface area contributed by atoms with Gasteiger partial charge >= 0.3 is 0 Å². The van der Waals surface area contributed by atoms with E-state index in [0.29, 0.717) is 11.3 Å². The molecule has 1 saturated heterocycles. The molecule has 0 saturated carbocycles. The number of nitriles is 1.